The molecule has 0 aromatic carbocycles. The molecule has 0 unspecified atom stereocenters. The third-order valence-corrected chi connectivity index (χ3v) is 3.53. The summed E-state index contributed by atoms with van der Waals surface area (Å²) in [6.45, 7) is 11.9. The van der Waals surface area contributed by atoms with Crippen molar-refractivity contribution in [3.63, 3.8) is 0 Å². The Morgan fingerprint density at radius 2 is 1.90 bits per heavy atom. The summed E-state index contributed by atoms with van der Waals surface area (Å²) in [7, 11) is 0. The normalized spacial score (nSPS) is 24.3. The minimum absolute atomic E-state index is 0. The first kappa shape index (κ1) is 17.9. The molecule has 0 radical (unpaired) electrons. The van der Waals surface area contributed by atoms with Gasteiger partial charge >= 0.3 is 0 Å². The van der Waals surface area contributed by atoms with Crippen LogP contribution in [0.3, 0.4) is 0 Å². The molecule has 2 fully saturated rings. The molecule has 0 spiro atoms. The van der Waals surface area contributed by atoms with Gasteiger partial charge in [-0.25, -0.2) is 0 Å². The van der Waals surface area contributed by atoms with E-state index < -0.39 is 0 Å². The molecular formula is C13H27IN4O2. The first-order chi connectivity index (χ1) is 9.07. The summed E-state index contributed by atoms with van der Waals surface area (Å²) < 4.78 is 11.0. The number of guanidine groups is 1. The fourth-order valence-corrected chi connectivity index (χ4v) is 2.50. The minimum Gasteiger partial charge on any atom is -0.378 e. The molecule has 2 N–H and O–H groups in total. The molecule has 2 heterocycles. The zero-order chi connectivity index (χ0) is 13.7. The minimum atomic E-state index is -0.0439. The molecule has 0 atom stereocenters. The lowest BCUT2D eigenvalue weighted by Gasteiger charge is -2.38. The molecule has 0 saturated carbocycles. The van der Waals surface area contributed by atoms with Gasteiger partial charge in [-0.1, -0.05) is 0 Å². The number of halogens is 1. The topological polar surface area (TPSA) is 63.3 Å². The van der Waals surface area contributed by atoms with Gasteiger partial charge in [-0.3, -0.25) is 9.89 Å². The highest BCUT2D eigenvalue weighted by Crippen LogP contribution is 2.15. The Labute approximate surface area is 138 Å². The quantitative estimate of drug-likeness (QED) is 0.423. The fourth-order valence-electron chi connectivity index (χ4n) is 2.50. The first-order valence-electron chi connectivity index (χ1n) is 7.06. The Balaban J connectivity index is 0.00000200. The van der Waals surface area contributed by atoms with Crippen molar-refractivity contribution in [2.24, 2.45) is 10.7 Å². The Hall–Kier alpha value is -0.120. The highest BCUT2D eigenvalue weighted by molar-refractivity contribution is 14.0. The maximum atomic E-state index is 5.99. The van der Waals surface area contributed by atoms with Crippen molar-refractivity contribution in [3.05, 3.63) is 0 Å². The molecule has 2 rings (SSSR count). The van der Waals surface area contributed by atoms with Crippen molar-refractivity contribution < 1.29 is 9.47 Å². The Kier molecular flexibility index (Phi) is 7.49. The van der Waals surface area contributed by atoms with Crippen molar-refractivity contribution in [2.45, 2.75) is 19.4 Å². The highest BCUT2D eigenvalue weighted by atomic mass is 127. The van der Waals surface area contributed by atoms with E-state index in [2.05, 4.69) is 28.6 Å². The molecule has 7 heteroatoms. The lowest BCUT2D eigenvalue weighted by Crippen LogP contribution is -2.49. The predicted molar refractivity (Wildman–Crippen MR) is 90.8 cm³/mol. The summed E-state index contributed by atoms with van der Waals surface area (Å²) in [6.07, 6.45) is 0. The number of ether oxygens (including phenoxy) is 2. The first-order valence-corrected chi connectivity index (χ1v) is 7.06. The maximum absolute atomic E-state index is 5.99. The van der Waals surface area contributed by atoms with E-state index in [1.165, 1.54) is 0 Å². The van der Waals surface area contributed by atoms with Crippen molar-refractivity contribution >= 4 is 29.9 Å². The predicted octanol–water partition coefficient (Wildman–Crippen LogP) is 0.362. The van der Waals surface area contributed by atoms with Crippen LogP contribution in [0, 0.1) is 0 Å². The summed E-state index contributed by atoms with van der Waals surface area (Å²) in [5.41, 5.74) is 5.95. The zero-order valence-corrected chi connectivity index (χ0v) is 14.8. The molecule has 0 aliphatic carbocycles. The van der Waals surface area contributed by atoms with E-state index in [4.69, 9.17) is 15.2 Å². The van der Waals surface area contributed by atoms with E-state index in [1.807, 2.05) is 0 Å². The van der Waals surface area contributed by atoms with Crippen LogP contribution in [0.15, 0.2) is 4.99 Å². The SMILES string of the molecule is CC1(C)CN(CCN=C(N)N2CCOCC2)CCO1.I. The van der Waals surface area contributed by atoms with Crippen molar-refractivity contribution in [1.82, 2.24) is 9.80 Å². The van der Waals surface area contributed by atoms with Crippen LogP contribution in [0.25, 0.3) is 0 Å². The van der Waals surface area contributed by atoms with E-state index in [0.29, 0.717) is 5.96 Å². The summed E-state index contributed by atoms with van der Waals surface area (Å²) in [5.74, 6) is 0.649. The van der Waals surface area contributed by atoms with Crippen LogP contribution in [0.5, 0.6) is 0 Å². The van der Waals surface area contributed by atoms with Crippen LogP contribution in [-0.2, 0) is 9.47 Å². The second-order valence-electron chi connectivity index (χ2n) is 5.72. The fraction of sp³-hybridized carbons (Fsp3) is 0.923. The standard InChI is InChI=1S/C13H26N4O2.HI/c1-13(2)11-16(5-10-19-13)4-3-15-12(14)17-6-8-18-9-7-17;/h3-11H2,1-2H3,(H2,14,15);1H. The Morgan fingerprint density at radius 1 is 1.20 bits per heavy atom. The van der Waals surface area contributed by atoms with E-state index in [0.717, 1.165) is 59.1 Å². The van der Waals surface area contributed by atoms with Crippen LogP contribution in [-0.4, -0.2) is 80.4 Å². The van der Waals surface area contributed by atoms with Gasteiger partial charge in [0.2, 0.25) is 0 Å². The molecule has 0 amide bonds. The van der Waals surface area contributed by atoms with Gasteiger partial charge in [0.15, 0.2) is 5.96 Å². The summed E-state index contributed by atoms with van der Waals surface area (Å²) >= 11 is 0. The number of hydrogen-bond acceptors (Lipinski definition) is 4. The lowest BCUT2D eigenvalue weighted by atomic mass is 10.1. The van der Waals surface area contributed by atoms with E-state index in [-0.39, 0.29) is 29.6 Å². The van der Waals surface area contributed by atoms with Crippen LogP contribution in [0.1, 0.15) is 13.8 Å². The van der Waals surface area contributed by atoms with Gasteiger partial charge in [-0.05, 0) is 13.8 Å². The van der Waals surface area contributed by atoms with Gasteiger partial charge in [0.1, 0.15) is 0 Å². The van der Waals surface area contributed by atoms with E-state index >= 15 is 0 Å². The number of rotatable bonds is 3. The Morgan fingerprint density at radius 3 is 2.55 bits per heavy atom. The molecule has 118 valence electrons. The van der Waals surface area contributed by atoms with E-state index in [9.17, 15) is 0 Å². The third-order valence-electron chi connectivity index (χ3n) is 3.53. The van der Waals surface area contributed by atoms with Crippen molar-refractivity contribution in [2.75, 3.05) is 59.1 Å². The number of nitrogens with two attached hydrogens (primary N) is 1. The Bertz CT molecular complexity index is 319. The van der Waals surface area contributed by atoms with E-state index in [1.54, 1.807) is 0 Å². The van der Waals surface area contributed by atoms with Gasteiger partial charge < -0.3 is 20.1 Å². The van der Waals surface area contributed by atoms with Crippen LogP contribution < -0.4 is 5.73 Å². The molecule has 0 bridgehead atoms. The number of nitrogens with zero attached hydrogens (tertiary/aromatic N) is 3. The highest BCUT2D eigenvalue weighted by Gasteiger charge is 2.26. The van der Waals surface area contributed by atoms with Crippen LogP contribution >= 0.6 is 24.0 Å². The summed E-state index contributed by atoms with van der Waals surface area (Å²) in [4.78, 5) is 8.95. The summed E-state index contributed by atoms with van der Waals surface area (Å²) in [5, 5.41) is 0. The largest absolute Gasteiger partial charge is 0.378 e. The molecule has 20 heavy (non-hydrogen) atoms. The van der Waals surface area contributed by atoms with Crippen LogP contribution in [0.4, 0.5) is 0 Å². The lowest BCUT2D eigenvalue weighted by molar-refractivity contribution is -0.0850. The molecule has 2 aliphatic heterocycles. The third kappa shape index (κ3) is 5.71. The number of aliphatic imine (C=N–C) groups is 1. The molecule has 6 nitrogen and oxygen atoms in total. The van der Waals surface area contributed by atoms with Gasteiger partial charge in [-0.2, -0.15) is 0 Å². The zero-order valence-electron chi connectivity index (χ0n) is 12.5. The molecule has 0 aromatic heterocycles. The van der Waals surface area contributed by atoms with Gasteiger partial charge in [0.25, 0.3) is 0 Å². The van der Waals surface area contributed by atoms with Crippen molar-refractivity contribution in [1.29, 1.82) is 0 Å². The van der Waals surface area contributed by atoms with Crippen LogP contribution in [0.2, 0.25) is 0 Å². The molecular weight excluding hydrogens is 371 g/mol. The number of morpholine rings is 2. The second kappa shape index (κ2) is 8.35. The van der Waals surface area contributed by atoms with Gasteiger partial charge in [-0.15, -0.1) is 24.0 Å². The monoisotopic (exact) mass is 398 g/mol. The molecule has 2 saturated heterocycles. The summed E-state index contributed by atoms with van der Waals surface area (Å²) in [6, 6.07) is 0. The average molecular weight is 398 g/mol. The second-order valence-corrected chi connectivity index (χ2v) is 5.72. The van der Waals surface area contributed by atoms with Gasteiger partial charge in [0, 0.05) is 32.7 Å². The average Bonchev–Trinajstić information content (AvgIpc) is 2.38. The maximum Gasteiger partial charge on any atom is 0.191 e. The molecule has 2 aliphatic rings. The number of hydrogen-bond donors (Lipinski definition) is 1. The molecule has 0 aromatic rings. The smallest absolute Gasteiger partial charge is 0.191 e. The van der Waals surface area contributed by atoms with Gasteiger partial charge in [0.05, 0.1) is 32.0 Å². The van der Waals surface area contributed by atoms with Crippen molar-refractivity contribution in [3.8, 4) is 0 Å².